The monoisotopic (exact) mass is 354 g/mol. The average Bonchev–Trinajstić information content (AvgIpc) is 2.63. The summed E-state index contributed by atoms with van der Waals surface area (Å²) in [7, 11) is 0. The van der Waals surface area contributed by atoms with Crippen LogP contribution in [0.1, 0.15) is 0 Å². The molecule has 1 fully saturated rings. The maximum Gasteiger partial charge on any atom is 0.161 e. The molecular weight excluding hydrogens is 324 g/mol. The molecule has 0 aromatic heterocycles. The van der Waals surface area contributed by atoms with Crippen LogP contribution in [-0.4, -0.2) is 88.1 Å². The van der Waals surface area contributed by atoms with Crippen molar-refractivity contribution in [2.45, 2.75) is 12.2 Å². The van der Waals surface area contributed by atoms with Gasteiger partial charge in [-0.05, 0) is 12.1 Å². The van der Waals surface area contributed by atoms with Crippen molar-refractivity contribution >= 4 is 0 Å². The molecular formula is C18H30N2O5+2. The van der Waals surface area contributed by atoms with Crippen molar-refractivity contribution in [3.8, 4) is 11.5 Å². The molecule has 0 radical (unpaired) electrons. The lowest BCUT2D eigenvalue weighted by molar-refractivity contribution is -1.01. The Hall–Kier alpha value is -1.38. The van der Waals surface area contributed by atoms with Crippen LogP contribution in [0.5, 0.6) is 11.5 Å². The molecule has 7 nitrogen and oxygen atoms in total. The van der Waals surface area contributed by atoms with E-state index in [1.165, 1.54) is 9.80 Å². The van der Waals surface area contributed by atoms with E-state index in [9.17, 15) is 5.11 Å². The molecule has 0 bridgehead atoms. The first-order valence-corrected chi connectivity index (χ1v) is 9.17. The van der Waals surface area contributed by atoms with Gasteiger partial charge in [-0.25, -0.2) is 0 Å². The van der Waals surface area contributed by atoms with E-state index in [0.717, 1.165) is 44.2 Å². The summed E-state index contributed by atoms with van der Waals surface area (Å²) >= 11 is 0. The first-order chi connectivity index (χ1) is 12.2. The average molecular weight is 354 g/mol. The van der Waals surface area contributed by atoms with Gasteiger partial charge in [-0.15, -0.1) is 0 Å². The predicted octanol–water partition coefficient (Wildman–Crippen LogP) is -3.02. The summed E-state index contributed by atoms with van der Waals surface area (Å²) in [5.41, 5.74) is 0. The van der Waals surface area contributed by atoms with Gasteiger partial charge in [-0.2, -0.15) is 0 Å². The lowest BCUT2D eigenvalue weighted by Gasteiger charge is -2.30. The van der Waals surface area contributed by atoms with Crippen molar-refractivity contribution in [1.82, 2.24) is 0 Å². The minimum absolute atomic E-state index is 0.139. The fourth-order valence-electron chi connectivity index (χ4n) is 3.44. The molecule has 0 spiro atoms. The van der Waals surface area contributed by atoms with E-state index in [1.807, 2.05) is 24.3 Å². The number of nitrogens with one attached hydrogen (secondary N) is 2. The molecule has 2 heterocycles. The summed E-state index contributed by atoms with van der Waals surface area (Å²) in [5.74, 6) is 1.51. The number of hydrogen-bond donors (Lipinski definition) is 4. The Labute approximate surface area is 148 Å². The predicted molar refractivity (Wildman–Crippen MR) is 91.4 cm³/mol. The van der Waals surface area contributed by atoms with Gasteiger partial charge in [0, 0.05) is 0 Å². The molecule has 7 heteroatoms. The van der Waals surface area contributed by atoms with Crippen LogP contribution in [0.15, 0.2) is 24.3 Å². The minimum Gasteiger partial charge on any atom is -0.486 e. The highest BCUT2D eigenvalue weighted by Crippen LogP contribution is 2.30. The number of benzene rings is 1. The summed E-state index contributed by atoms with van der Waals surface area (Å²) in [5, 5.41) is 19.2. The molecule has 0 unspecified atom stereocenters. The van der Waals surface area contributed by atoms with Crippen molar-refractivity contribution in [3.05, 3.63) is 24.3 Å². The third-order valence-corrected chi connectivity index (χ3v) is 4.84. The second-order valence-corrected chi connectivity index (χ2v) is 6.87. The van der Waals surface area contributed by atoms with Gasteiger partial charge in [-0.1, -0.05) is 12.1 Å². The number of rotatable bonds is 8. The van der Waals surface area contributed by atoms with E-state index in [4.69, 9.17) is 19.3 Å². The molecule has 4 N–H and O–H groups in total. The first-order valence-electron chi connectivity index (χ1n) is 9.17. The summed E-state index contributed by atoms with van der Waals surface area (Å²) in [4.78, 5) is 2.86. The molecule has 1 aromatic rings. The van der Waals surface area contributed by atoms with Gasteiger partial charge < -0.3 is 34.2 Å². The third kappa shape index (κ3) is 5.55. The fourth-order valence-corrected chi connectivity index (χ4v) is 3.44. The number of aliphatic hydroxyl groups is 2. The van der Waals surface area contributed by atoms with Crippen LogP contribution in [0, 0.1) is 0 Å². The molecule has 2 aliphatic heterocycles. The molecule has 1 aromatic carbocycles. The minimum atomic E-state index is -0.466. The van der Waals surface area contributed by atoms with Gasteiger partial charge in [0.15, 0.2) is 17.6 Å². The largest absolute Gasteiger partial charge is 0.486 e. The lowest BCUT2D eigenvalue weighted by Crippen LogP contribution is -3.28. The second kappa shape index (κ2) is 9.35. The van der Waals surface area contributed by atoms with Crippen LogP contribution in [0.2, 0.25) is 0 Å². The lowest BCUT2D eigenvalue weighted by atomic mass is 10.2. The maximum absolute atomic E-state index is 10.2. The summed E-state index contributed by atoms with van der Waals surface area (Å²) in [6.07, 6.45) is -0.605. The van der Waals surface area contributed by atoms with Gasteiger partial charge in [-0.3, -0.25) is 0 Å². The molecule has 1 saturated heterocycles. The molecule has 0 amide bonds. The number of quaternary nitrogens is 2. The SMILES string of the molecule is OCC[NH+]1CC[NH+](C[C@@H](O)COC[C@@H]2COc3ccccc3O2)CC1. The summed E-state index contributed by atoms with van der Waals surface area (Å²) < 4.78 is 17.1. The molecule has 140 valence electrons. The van der Waals surface area contributed by atoms with Gasteiger partial charge in [0.05, 0.1) is 19.8 Å². The van der Waals surface area contributed by atoms with Crippen LogP contribution < -0.4 is 19.3 Å². The topological polar surface area (TPSA) is 77.0 Å². The summed E-state index contributed by atoms with van der Waals surface area (Å²) in [6.45, 7) is 7.14. The highest BCUT2D eigenvalue weighted by molar-refractivity contribution is 5.40. The normalized spacial score (nSPS) is 27.0. The van der Waals surface area contributed by atoms with Gasteiger partial charge in [0.2, 0.25) is 0 Å². The van der Waals surface area contributed by atoms with Crippen molar-refractivity contribution in [2.75, 3.05) is 65.7 Å². The highest BCUT2D eigenvalue weighted by Gasteiger charge is 2.25. The molecule has 25 heavy (non-hydrogen) atoms. The zero-order chi connectivity index (χ0) is 17.5. The van der Waals surface area contributed by atoms with E-state index >= 15 is 0 Å². The van der Waals surface area contributed by atoms with Crippen LogP contribution >= 0.6 is 0 Å². The Morgan fingerprint density at radius 3 is 2.60 bits per heavy atom. The number of hydrogen-bond acceptors (Lipinski definition) is 5. The Kier molecular flexibility index (Phi) is 6.89. The van der Waals surface area contributed by atoms with Crippen LogP contribution in [0.3, 0.4) is 0 Å². The van der Waals surface area contributed by atoms with Gasteiger partial charge in [0.1, 0.15) is 52.0 Å². The Morgan fingerprint density at radius 1 is 1.12 bits per heavy atom. The number of aliphatic hydroxyl groups excluding tert-OH is 2. The standard InChI is InChI=1S/C18H28N2O5/c21-10-9-19-5-7-20(8-6-19)11-15(22)12-23-13-16-14-24-17-3-1-2-4-18(17)25-16/h1-4,15-16,21-22H,5-14H2/p+2/t15-,16-/m1/s1. The van der Waals surface area contributed by atoms with Crippen molar-refractivity contribution in [3.63, 3.8) is 0 Å². The molecule has 0 aliphatic carbocycles. The molecule has 2 atom stereocenters. The Balaban J connectivity index is 1.30. The second-order valence-electron chi connectivity index (χ2n) is 6.87. The van der Waals surface area contributed by atoms with Crippen LogP contribution in [-0.2, 0) is 4.74 Å². The first kappa shape index (κ1) is 18.4. The quantitative estimate of drug-likeness (QED) is 0.400. The smallest absolute Gasteiger partial charge is 0.161 e. The highest BCUT2D eigenvalue weighted by atomic mass is 16.6. The molecule has 0 saturated carbocycles. The number of fused-ring (bicyclic) bond motifs is 1. The van der Waals surface area contributed by atoms with Gasteiger partial charge in [0.25, 0.3) is 0 Å². The van der Waals surface area contributed by atoms with Crippen molar-refractivity contribution < 1.29 is 34.2 Å². The zero-order valence-corrected chi connectivity index (χ0v) is 14.7. The van der Waals surface area contributed by atoms with Gasteiger partial charge >= 0.3 is 0 Å². The van der Waals surface area contributed by atoms with Crippen LogP contribution in [0.4, 0.5) is 0 Å². The van der Waals surface area contributed by atoms with E-state index in [0.29, 0.717) is 26.4 Å². The molecule has 2 aliphatic rings. The van der Waals surface area contributed by atoms with E-state index in [1.54, 1.807) is 0 Å². The van der Waals surface area contributed by atoms with E-state index in [2.05, 4.69) is 0 Å². The van der Waals surface area contributed by atoms with E-state index < -0.39 is 6.10 Å². The van der Waals surface area contributed by atoms with Crippen molar-refractivity contribution in [1.29, 1.82) is 0 Å². The zero-order valence-electron chi connectivity index (χ0n) is 14.7. The number of para-hydroxylation sites is 2. The van der Waals surface area contributed by atoms with Crippen molar-refractivity contribution in [2.24, 2.45) is 0 Å². The maximum atomic E-state index is 10.2. The van der Waals surface area contributed by atoms with E-state index in [-0.39, 0.29) is 12.7 Å². The third-order valence-electron chi connectivity index (χ3n) is 4.84. The Morgan fingerprint density at radius 2 is 1.84 bits per heavy atom. The number of piperazine rings is 1. The fraction of sp³-hybridized carbons (Fsp3) is 0.667. The Bertz CT molecular complexity index is 522. The molecule has 3 rings (SSSR count). The summed E-state index contributed by atoms with van der Waals surface area (Å²) in [6, 6.07) is 7.61. The number of ether oxygens (including phenoxy) is 3. The van der Waals surface area contributed by atoms with Crippen LogP contribution in [0.25, 0.3) is 0 Å².